The average molecular weight is 279 g/mol. The van der Waals surface area contributed by atoms with Crippen LogP contribution in [0.1, 0.15) is 27.2 Å². The van der Waals surface area contributed by atoms with Gasteiger partial charge in [-0.15, -0.1) is 0 Å². The molecule has 3 aromatic rings. The van der Waals surface area contributed by atoms with E-state index in [1.807, 2.05) is 38.1 Å². The number of fused-ring (bicyclic) bond motifs is 1. The second-order valence-corrected chi connectivity index (χ2v) is 5.22. The van der Waals surface area contributed by atoms with Crippen LogP contribution in [0.3, 0.4) is 0 Å². The van der Waals surface area contributed by atoms with Crippen molar-refractivity contribution in [1.29, 1.82) is 0 Å². The second-order valence-electron chi connectivity index (χ2n) is 5.22. The molecule has 0 saturated heterocycles. The van der Waals surface area contributed by atoms with Crippen LogP contribution in [0.5, 0.6) is 0 Å². The van der Waals surface area contributed by atoms with Crippen molar-refractivity contribution in [2.45, 2.75) is 20.4 Å². The van der Waals surface area contributed by atoms with E-state index in [2.05, 4.69) is 21.4 Å². The molecule has 106 valence electrons. The molecule has 0 aliphatic rings. The molecule has 0 bridgehead atoms. The number of hydrogen-bond acceptors (Lipinski definition) is 2. The molecule has 2 N–H and O–H groups in total. The fourth-order valence-electron chi connectivity index (χ4n) is 2.44. The van der Waals surface area contributed by atoms with Crippen LogP contribution in [-0.2, 0) is 6.54 Å². The molecular weight excluding hydrogens is 262 g/mol. The third-order valence-electron chi connectivity index (χ3n) is 3.62. The molecule has 0 unspecified atom stereocenters. The van der Waals surface area contributed by atoms with E-state index in [1.54, 1.807) is 12.4 Å². The number of carbonyl (C=O) groups excluding carboxylic acids is 1. The Morgan fingerprint density at radius 1 is 1.29 bits per heavy atom. The summed E-state index contributed by atoms with van der Waals surface area (Å²) in [4.78, 5) is 19.6. The van der Waals surface area contributed by atoms with Crippen LogP contribution < -0.4 is 5.32 Å². The molecule has 2 aromatic heterocycles. The SMILES string of the molecule is Cc1ccc2[nH]c(C(=O)NCc3cccnc3)c(C)c2c1. The number of aromatic nitrogens is 2. The molecule has 0 radical (unpaired) electrons. The minimum Gasteiger partial charge on any atom is -0.350 e. The smallest absolute Gasteiger partial charge is 0.268 e. The van der Waals surface area contributed by atoms with Gasteiger partial charge in [-0.25, -0.2) is 0 Å². The first kappa shape index (κ1) is 13.4. The maximum Gasteiger partial charge on any atom is 0.268 e. The number of pyridine rings is 1. The van der Waals surface area contributed by atoms with E-state index in [0.717, 1.165) is 22.0 Å². The fraction of sp³-hybridized carbons (Fsp3) is 0.176. The van der Waals surface area contributed by atoms with Gasteiger partial charge in [0.15, 0.2) is 0 Å². The number of H-pyrrole nitrogens is 1. The average Bonchev–Trinajstić information content (AvgIpc) is 2.83. The van der Waals surface area contributed by atoms with Gasteiger partial charge in [-0.1, -0.05) is 17.7 Å². The minimum atomic E-state index is -0.0924. The maximum absolute atomic E-state index is 12.3. The van der Waals surface area contributed by atoms with E-state index in [9.17, 15) is 4.79 Å². The highest BCUT2D eigenvalue weighted by Crippen LogP contribution is 2.22. The Kier molecular flexibility index (Phi) is 3.44. The first-order chi connectivity index (χ1) is 10.1. The Labute approximate surface area is 123 Å². The highest BCUT2D eigenvalue weighted by Gasteiger charge is 2.14. The molecule has 3 rings (SSSR count). The van der Waals surface area contributed by atoms with Crippen molar-refractivity contribution in [3.05, 3.63) is 65.1 Å². The van der Waals surface area contributed by atoms with Crippen molar-refractivity contribution in [1.82, 2.24) is 15.3 Å². The first-order valence-corrected chi connectivity index (χ1v) is 6.91. The first-order valence-electron chi connectivity index (χ1n) is 6.91. The van der Waals surface area contributed by atoms with E-state index in [0.29, 0.717) is 12.2 Å². The second kappa shape index (κ2) is 5.40. The molecule has 0 atom stereocenters. The summed E-state index contributed by atoms with van der Waals surface area (Å²) < 4.78 is 0. The highest BCUT2D eigenvalue weighted by atomic mass is 16.1. The molecular formula is C17H17N3O. The van der Waals surface area contributed by atoms with Gasteiger partial charge in [-0.05, 0) is 43.2 Å². The van der Waals surface area contributed by atoms with Gasteiger partial charge < -0.3 is 10.3 Å². The standard InChI is InChI=1S/C17H17N3O/c1-11-5-6-15-14(8-11)12(2)16(20-15)17(21)19-10-13-4-3-7-18-9-13/h3-9,20H,10H2,1-2H3,(H,19,21). The molecule has 1 amide bonds. The number of amides is 1. The van der Waals surface area contributed by atoms with Crippen molar-refractivity contribution in [2.24, 2.45) is 0 Å². The van der Waals surface area contributed by atoms with Gasteiger partial charge in [-0.3, -0.25) is 9.78 Å². The molecule has 0 aliphatic heterocycles. The minimum absolute atomic E-state index is 0.0924. The Morgan fingerprint density at radius 3 is 2.90 bits per heavy atom. The third-order valence-corrected chi connectivity index (χ3v) is 3.62. The molecule has 0 fully saturated rings. The summed E-state index contributed by atoms with van der Waals surface area (Å²) in [7, 11) is 0. The van der Waals surface area contributed by atoms with Crippen molar-refractivity contribution in [2.75, 3.05) is 0 Å². The molecule has 0 spiro atoms. The summed E-state index contributed by atoms with van der Waals surface area (Å²) >= 11 is 0. The normalized spacial score (nSPS) is 10.8. The number of aromatic amines is 1. The van der Waals surface area contributed by atoms with Gasteiger partial charge in [0.2, 0.25) is 0 Å². The van der Waals surface area contributed by atoms with E-state index >= 15 is 0 Å². The Balaban J connectivity index is 1.83. The maximum atomic E-state index is 12.3. The van der Waals surface area contributed by atoms with Gasteiger partial charge >= 0.3 is 0 Å². The topological polar surface area (TPSA) is 57.8 Å². The van der Waals surface area contributed by atoms with Crippen LogP contribution >= 0.6 is 0 Å². The van der Waals surface area contributed by atoms with E-state index < -0.39 is 0 Å². The Hall–Kier alpha value is -2.62. The number of hydrogen-bond donors (Lipinski definition) is 2. The van der Waals surface area contributed by atoms with Gasteiger partial charge in [0.1, 0.15) is 5.69 Å². The molecule has 21 heavy (non-hydrogen) atoms. The summed E-state index contributed by atoms with van der Waals surface area (Å²) in [5.41, 5.74) is 4.77. The van der Waals surface area contributed by atoms with E-state index in [-0.39, 0.29) is 5.91 Å². The van der Waals surface area contributed by atoms with Crippen LogP contribution in [0.2, 0.25) is 0 Å². The molecule has 4 nitrogen and oxygen atoms in total. The number of benzene rings is 1. The summed E-state index contributed by atoms with van der Waals surface area (Å²) in [6, 6.07) is 9.94. The highest BCUT2D eigenvalue weighted by molar-refractivity contribution is 6.00. The predicted octanol–water partition coefficient (Wildman–Crippen LogP) is 3.11. The van der Waals surface area contributed by atoms with E-state index in [1.165, 1.54) is 5.56 Å². The van der Waals surface area contributed by atoms with Crippen molar-refractivity contribution < 1.29 is 4.79 Å². The van der Waals surface area contributed by atoms with Gasteiger partial charge in [-0.2, -0.15) is 0 Å². The summed E-state index contributed by atoms with van der Waals surface area (Å²) in [6.07, 6.45) is 3.47. The third kappa shape index (κ3) is 2.65. The Bertz CT molecular complexity index is 790. The summed E-state index contributed by atoms with van der Waals surface area (Å²) in [5.74, 6) is -0.0924. The number of nitrogens with zero attached hydrogens (tertiary/aromatic N) is 1. The lowest BCUT2D eigenvalue weighted by Crippen LogP contribution is -2.23. The summed E-state index contributed by atoms with van der Waals surface area (Å²) in [6.45, 7) is 4.49. The van der Waals surface area contributed by atoms with Crippen LogP contribution in [0.4, 0.5) is 0 Å². The number of carbonyl (C=O) groups is 1. The lowest BCUT2D eigenvalue weighted by atomic mass is 10.1. The predicted molar refractivity (Wildman–Crippen MR) is 83.2 cm³/mol. The lowest BCUT2D eigenvalue weighted by Gasteiger charge is -2.04. The zero-order valence-corrected chi connectivity index (χ0v) is 12.1. The van der Waals surface area contributed by atoms with Crippen molar-refractivity contribution in [3.63, 3.8) is 0 Å². The number of nitrogens with one attached hydrogen (secondary N) is 2. The monoisotopic (exact) mass is 279 g/mol. The van der Waals surface area contributed by atoms with Crippen LogP contribution in [-0.4, -0.2) is 15.9 Å². The summed E-state index contributed by atoms with van der Waals surface area (Å²) in [5, 5.41) is 4.02. The molecule has 0 aliphatic carbocycles. The van der Waals surface area contributed by atoms with Crippen LogP contribution in [0, 0.1) is 13.8 Å². The molecule has 2 heterocycles. The van der Waals surface area contributed by atoms with Crippen LogP contribution in [0.15, 0.2) is 42.7 Å². The van der Waals surface area contributed by atoms with E-state index in [4.69, 9.17) is 0 Å². The molecule has 1 aromatic carbocycles. The number of aryl methyl sites for hydroxylation is 2. The van der Waals surface area contributed by atoms with Gasteiger partial charge in [0, 0.05) is 29.8 Å². The zero-order chi connectivity index (χ0) is 14.8. The molecule has 0 saturated carbocycles. The Morgan fingerprint density at radius 2 is 2.14 bits per heavy atom. The van der Waals surface area contributed by atoms with Gasteiger partial charge in [0.25, 0.3) is 5.91 Å². The van der Waals surface area contributed by atoms with Crippen LogP contribution in [0.25, 0.3) is 10.9 Å². The zero-order valence-electron chi connectivity index (χ0n) is 12.1. The molecule has 4 heteroatoms. The fourth-order valence-corrected chi connectivity index (χ4v) is 2.44. The van der Waals surface area contributed by atoms with Crippen molar-refractivity contribution in [3.8, 4) is 0 Å². The van der Waals surface area contributed by atoms with Gasteiger partial charge in [0.05, 0.1) is 0 Å². The quantitative estimate of drug-likeness (QED) is 0.774. The lowest BCUT2D eigenvalue weighted by molar-refractivity contribution is 0.0946. The number of rotatable bonds is 3. The van der Waals surface area contributed by atoms with Crippen molar-refractivity contribution >= 4 is 16.8 Å². The largest absolute Gasteiger partial charge is 0.350 e.